The lowest BCUT2D eigenvalue weighted by Crippen LogP contribution is -2.27. The Morgan fingerprint density at radius 1 is 1.21 bits per heavy atom. The number of nitriles is 1. The highest BCUT2D eigenvalue weighted by Gasteiger charge is 2.15. The summed E-state index contributed by atoms with van der Waals surface area (Å²) in [6.45, 7) is 0.771. The maximum Gasteiger partial charge on any atom is 0.387 e. The van der Waals surface area contributed by atoms with Gasteiger partial charge in [-0.15, -0.1) is 0 Å². The number of carbonyl (C=O) groups excluding carboxylic acids is 1. The van der Waals surface area contributed by atoms with Crippen molar-refractivity contribution in [3.8, 4) is 17.6 Å². The maximum absolute atomic E-state index is 12.5. The van der Waals surface area contributed by atoms with Crippen molar-refractivity contribution < 1.29 is 23.0 Å². The first kappa shape index (κ1) is 20.9. The number of hydrogen-bond acceptors (Lipinski definition) is 4. The van der Waals surface area contributed by atoms with Crippen molar-refractivity contribution in [1.29, 1.82) is 5.26 Å². The highest BCUT2D eigenvalue weighted by Crippen LogP contribution is 2.30. The average molecular weight is 386 g/mol. The van der Waals surface area contributed by atoms with Crippen molar-refractivity contribution in [1.82, 2.24) is 5.32 Å². The smallest absolute Gasteiger partial charge is 0.387 e. The molecule has 0 aromatic heterocycles. The molecule has 1 amide bonds. The molecule has 1 atom stereocenters. The fraction of sp³-hybridized carbons (Fsp3) is 0.238. The molecule has 28 heavy (non-hydrogen) atoms. The maximum atomic E-state index is 12.5. The van der Waals surface area contributed by atoms with Crippen LogP contribution >= 0.6 is 0 Å². The Labute approximate surface area is 162 Å². The topological polar surface area (TPSA) is 71.3 Å². The van der Waals surface area contributed by atoms with Gasteiger partial charge in [-0.05, 0) is 43.2 Å². The van der Waals surface area contributed by atoms with E-state index in [-0.39, 0.29) is 29.7 Å². The average Bonchev–Trinajstić information content (AvgIpc) is 2.68. The van der Waals surface area contributed by atoms with E-state index >= 15 is 0 Å². The fourth-order valence-corrected chi connectivity index (χ4v) is 2.49. The Hall–Kier alpha value is -3.40. The molecule has 0 aliphatic rings. The monoisotopic (exact) mass is 386 g/mol. The third-order valence-electron chi connectivity index (χ3n) is 3.81. The number of nitrogens with one attached hydrogen (secondary N) is 1. The quantitative estimate of drug-likeness (QED) is 0.537. The minimum atomic E-state index is -2.99. The summed E-state index contributed by atoms with van der Waals surface area (Å²) < 4.78 is 34.7. The highest BCUT2D eigenvalue weighted by atomic mass is 19.3. The molecule has 2 aromatic rings. The summed E-state index contributed by atoms with van der Waals surface area (Å²) in [6, 6.07) is 15.1. The number of nitrogens with zero attached hydrogens (tertiary/aromatic N) is 1. The highest BCUT2D eigenvalue weighted by molar-refractivity contribution is 6.01. The first-order chi connectivity index (χ1) is 13.4. The minimum absolute atomic E-state index is 0.104. The van der Waals surface area contributed by atoms with E-state index in [4.69, 9.17) is 4.74 Å². The van der Waals surface area contributed by atoms with Crippen LogP contribution in [0.2, 0.25) is 0 Å². The number of hydrogen-bond donors (Lipinski definition) is 1. The molecule has 7 heteroatoms. The number of amides is 1. The van der Waals surface area contributed by atoms with E-state index in [1.807, 2.05) is 43.3 Å². The molecule has 146 valence electrons. The molecule has 0 spiro atoms. The summed E-state index contributed by atoms with van der Waals surface area (Å²) in [6.07, 6.45) is 1.36. The molecule has 0 saturated carbocycles. The van der Waals surface area contributed by atoms with E-state index in [0.29, 0.717) is 5.56 Å². The normalized spacial score (nSPS) is 12.2. The van der Waals surface area contributed by atoms with E-state index in [1.165, 1.54) is 24.3 Å². The summed E-state index contributed by atoms with van der Waals surface area (Å²) in [7, 11) is 0. The third kappa shape index (κ3) is 5.81. The molecule has 2 aromatic carbocycles. The third-order valence-corrected chi connectivity index (χ3v) is 3.81. The van der Waals surface area contributed by atoms with E-state index in [1.54, 1.807) is 6.92 Å². The first-order valence-electron chi connectivity index (χ1n) is 8.63. The van der Waals surface area contributed by atoms with Crippen LogP contribution in [0.15, 0.2) is 54.1 Å². The van der Waals surface area contributed by atoms with E-state index < -0.39 is 12.5 Å². The van der Waals surface area contributed by atoms with Crippen LogP contribution in [0.5, 0.6) is 11.5 Å². The molecule has 0 aliphatic carbocycles. The molecular formula is C21H20F2N2O3. The second-order valence-electron chi connectivity index (χ2n) is 5.79. The first-order valence-corrected chi connectivity index (χ1v) is 8.63. The standard InChI is InChI=1S/C21H20F2N2O3/c1-3-27-19-12-15(9-10-18(19)28-21(22)23)11-17(13-24)20(26)25-14(2)16-7-5-4-6-8-16/h4-12,14,21H,3H2,1-2H3,(H,25,26)/b17-11+. The fourth-order valence-electron chi connectivity index (χ4n) is 2.49. The van der Waals surface area contributed by atoms with Gasteiger partial charge < -0.3 is 14.8 Å². The number of rotatable bonds is 8. The molecule has 0 radical (unpaired) electrons. The van der Waals surface area contributed by atoms with Crippen LogP contribution in [-0.4, -0.2) is 19.1 Å². The Balaban J connectivity index is 2.22. The molecule has 1 unspecified atom stereocenters. The van der Waals surface area contributed by atoms with Gasteiger partial charge in [-0.2, -0.15) is 14.0 Å². The molecule has 5 nitrogen and oxygen atoms in total. The minimum Gasteiger partial charge on any atom is -0.490 e. The predicted octanol–water partition coefficient (Wildman–Crippen LogP) is 4.47. The zero-order chi connectivity index (χ0) is 20.5. The van der Waals surface area contributed by atoms with Crippen LogP contribution in [0.25, 0.3) is 6.08 Å². The number of carbonyl (C=O) groups is 1. The van der Waals surface area contributed by atoms with Crippen LogP contribution in [0.1, 0.15) is 31.0 Å². The van der Waals surface area contributed by atoms with Gasteiger partial charge in [0.2, 0.25) is 0 Å². The molecular weight excluding hydrogens is 366 g/mol. The van der Waals surface area contributed by atoms with Gasteiger partial charge in [0, 0.05) is 0 Å². The number of halogens is 2. The van der Waals surface area contributed by atoms with Gasteiger partial charge in [0.25, 0.3) is 5.91 Å². The van der Waals surface area contributed by atoms with Crippen LogP contribution in [-0.2, 0) is 4.79 Å². The van der Waals surface area contributed by atoms with Gasteiger partial charge in [-0.25, -0.2) is 0 Å². The molecule has 0 fully saturated rings. The summed E-state index contributed by atoms with van der Waals surface area (Å²) in [4.78, 5) is 12.4. The summed E-state index contributed by atoms with van der Waals surface area (Å²) in [5.74, 6) is -0.550. The lowest BCUT2D eigenvalue weighted by molar-refractivity contribution is -0.117. The SMILES string of the molecule is CCOc1cc(/C=C(\C#N)C(=O)NC(C)c2ccccc2)ccc1OC(F)F. The zero-order valence-electron chi connectivity index (χ0n) is 15.5. The van der Waals surface area contributed by atoms with Crippen LogP contribution in [0.3, 0.4) is 0 Å². The van der Waals surface area contributed by atoms with Gasteiger partial charge >= 0.3 is 6.61 Å². The summed E-state index contributed by atoms with van der Waals surface area (Å²) in [5.41, 5.74) is 1.23. The lowest BCUT2D eigenvalue weighted by Gasteiger charge is -2.14. The Morgan fingerprint density at radius 3 is 2.54 bits per heavy atom. The molecule has 2 rings (SSSR count). The lowest BCUT2D eigenvalue weighted by atomic mass is 10.1. The van der Waals surface area contributed by atoms with Gasteiger partial charge in [0.05, 0.1) is 12.6 Å². The van der Waals surface area contributed by atoms with E-state index in [2.05, 4.69) is 10.1 Å². The Bertz CT molecular complexity index is 877. The van der Waals surface area contributed by atoms with Gasteiger partial charge in [0.15, 0.2) is 11.5 Å². The van der Waals surface area contributed by atoms with Crippen molar-refractivity contribution in [3.63, 3.8) is 0 Å². The van der Waals surface area contributed by atoms with E-state index in [9.17, 15) is 18.8 Å². The van der Waals surface area contributed by atoms with Gasteiger partial charge in [-0.1, -0.05) is 36.4 Å². The van der Waals surface area contributed by atoms with Crippen LogP contribution in [0.4, 0.5) is 8.78 Å². The molecule has 0 saturated heterocycles. The predicted molar refractivity (Wildman–Crippen MR) is 101 cm³/mol. The largest absolute Gasteiger partial charge is 0.490 e. The second kappa shape index (κ2) is 10.1. The molecule has 0 bridgehead atoms. The zero-order valence-corrected chi connectivity index (χ0v) is 15.5. The Kier molecular flexibility index (Phi) is 7.52. The number of alkyl halides is 2. The Morgan fingerprint density at radius 2 is 1.93 bits per heavy atom. The van der Waals surface area contributed by atoms with Crippen molar-refractivity contribution in [2.45, 2.75) is 26.5 Å². The van der Waals surface area contributed by atoms with Crippen molar-refractivity contribution >= 4 is 12.0 Å². The van der Waals surface area contributed by atoms with Gasteiger partial charge in [0.1, 0.15) is 11.6 Å². The molecule has 1 N–H and O–H groups in total. The van der Waals surface area contributed by atoms with Crippen molar-refractivity contribution in [3.05, 3.63) is 65.2 Å². The van der Waals surface area contributed by atoms with E-state index in [0.717, 1.165) is 5.56 Å². The molecule has 0 heterocycles. The van der Waals surface area contributed by atoms with Gasteiger partial charge in [-0.3, -0.25) is 4.79 Å². The van der Waals surface area contributed by atoms with Crippen LogP contribution < -0.4 is 14.8 Å². The number of benzene rings is 2. The molecule has 0 aliphatic heterocycles. The summed E-state index contributed by atoms with van der Waals surface area (Å²) in [5, 5.41) is 12.1. The summed E-state index contributed by atoms with van der Waals surface area (Å²) >= 11 is 0. The van der Waals surface area contributed by atoms with Crippen LogP contribution in [0, 0.1) is 11.3 Å². The number of ether oxygens (including phenoxy) is 2. The van der Waals surface area contributed by atoms with Crippen molar-refractivity contribution in [2.75, 3.05) is 6.61 Å². The second-order valence-corrected chi connectivity index (χ2v) is 5.79. The van der Waals surface area contributed by atoms with Crippen molar-refractivity contribution in [2.24, 2.45) is 0 Å².